The van der Waals surface area contributed by atoms with Gasteiger partial charge in [0.2, 0.25) is 11.7 Å². The van der Waals surface area contributed by atoms with Gasteiger partial charge in [0.05, 0.1) is 19.8 Å². The van der Waals surface area contributed by atoms with Crippen LogP contribution in [0.4, 0.5) is 0 Å². The highest BCUT2D eigenvalue weighted by molar-refractivity contribution is 5.81. The molecule has 8 heteroatoms. The monoisotopic (exact) mass is 306 g/mol. The number of nitriles is 1. The van der Waals surface area contributed by atoms with E-state index in [-0.39, 0.29) is 0 Å². The van der Waals surface area contributed by atoms with Crippen LogP contribution in [-0.4, -0.2) is 52.5 Å². The molecule has 2 heterocycles. The molecular weight excluding hydrogens is 284 g/mol. The Balaban J connectivity index is 2.22. The summed E-state index contributed by atoms with van der Waals surface area (Å²) in [4.78, 5) is 10.6. The normalized spacial score (nSPS) is 17.0. The minimum absolute atomic E-state index is 0.359. The van der Waals surface area contributed by atoms with Crippen LogP contribution in [0.1, 0.15) is 19.7 Å². The molecule has 0 saturated carbocycles. The van der Waals surface area contributed by atoms with Gasteiger partial charge in [0, 0.05) is 25.6 Å². The summed E-state index contributed by atoms with van der Waals surface area (Å²) in [6, 6.07) is 0. The van der Waals surface area contributed by atoms with Crippen molar-refractivity contribution in [2.45, 2.75) is 33.2 Å². The van der Waals surface area contributed by atoms with Crippen LogP contribution in [0.15, 0.2) is 17.4 Å². The topological polar surface area (TPSA) is 87.7 Å². The van der Waals surface area contributed by atoms with Gasteiger partial charge in [-0.25, -0.2) is 9.98 Å². The number of aliphatic imine (C=N–C) groups is 1. The summed E-state index contributed by atoms with van der Waals surface area (Å²) in [6.45, 7) is 8.22. The lowest BCUT2D eigenvalue weighted by Crippen LogP contribution is -2.57. The van der Waals surface area contributed by atoms with Crippen LogP contribution in [0.5, 0.6) is 0 Å². The zero-order valence-electron chi connectivity index (χ0n) is 13.2. The lowest BCUT2D eigenvalue weighted by Gasteiger charge is -2.41. The summed E-state index contributed by atoms with van der Waals surface area (Å²) >= 11 is 0. The molecule has 0 fully saturated rings. The molecule has 0 saturated heterocycles. The van der Waals surface area contributed by atoms with Gasteiger partial charge in [-0.15, -0.1) is 0 Å². The van der Waals surface area contributed by atoms with Gasteiger partial charge in [-0.3, -0.25) is 5.32 Å². The van der Waals surface area contributed by atoms with Crippen molar-refractivity contribution in [2.24, 2.45) is 4.99 Å². The number of nitrogens with one attached hydrogen (secondary N) is 1. The molecule has 1 aliphatic rings. The number of nitrogens with zero attached hydrogens (tertiary/aromatic N) is 5. The quantitative estimate of drug-likeness (QED) is 0.472. The minimum Gasteiger partial charge on any atom is -0.347 e. The lowest BCUT2D eigenvalue weighted by molar-refractivity contribution is -0.234. The number of rotatable bonds is 6. The van der Waals surface area contributed by atoms with Gasteiger partial charge in [0.15, 0.2) is 6.19 Å². The Kier molecular flexibility index (Phi) is 5.35. The highest BCUT2D eigenvalue weighted by atomic mass is 16.7. The Hall–Kier alpha value is -2.11. The van der Waals surface area contributed by atoms with E-state index in [4.69, 9.17) is 14.7 Å². The Morgan fingerprint density at radius 2 is 2.14 bits per heavy atom. The van der Waals surface area contributed by atoms with Gasteiger partial charge in [0.25, 0.3) is 0 Å². The Bertz CT molecular complexity index is 556. The summed E-state index contributed by atoms with van der Waals surface area (Å²) in [7, 11) is 0. The molecule has 0 aliphatic carbocycles. The molecule has 1 aromatic rings. The van der Waals surface area contributed by atoms with E-state index < -0.39 is 5.79 Å². The molecule has 2 rings (SSSR count). The minimum atomic E-state index is -0.779. The Morgan fingerprint density at radius 1 is 1.41 bits per heavy atom. The number of ether oxygens (including phenoxy) is 2. The first-order valence-corrected chi connectivity index (χ1v) is 7.34. The molecule has 1 aromatic heterocycles. The maximum Gasteiger partial charge on any atom is 0.209 e. The van der Waals surface area contributed by atoms with E-state index in [9.17, 15) is 0 Å². The third-order valence-corrected chi connectivity index (χ3v) is 3.43. The largest absolute Gasteiger partial charge is 0.347 e. The number of aryl methyl sites for hydroxylation is 1. The zero-order valence-corrected chi connectivity index (χ0v) is 13.2. The number of guanidine groups is 1. The van der Waals surface area contributed by atoms with Crippen molar-refractivity contribution >= 4 is 5.96 Å². The van der Waals surface area contributed by atoms with Gasteiger partial charge >= 0.3 is 0 Å². The lowest BCUT2D eigenvalue weighted by atomic mass is 10.2. The average Bonchev–Trinajstić information content (AvgIpc) is 2.88. The van der Waals surface area contributed by atoms with Gasteiger partial charge in [0.1, 0.15) is 5.82 Å². The van der Waals surface area contributed by atoms with E-state index in [1.54, 1.807) is 6.20 Å². The van der Waals surface area contributed by atoms with Crippen LogP contribution in [0, 0.1) is 18.4 Å². The van der Waals surface area contributed by atoms with Crippen molar-refractivity contribution in [1.29, 1.82) is 5.26 Å². The van der Waals surface area contributed by atoms with Gasteiger partial charge < -0.3 is 18.9 Å². The van der Waals surface area contributed by atoms with Crippen molar-refractivity contribution in [3.05, 3.63) is 18.2 Å². The Labute approximate surface area is 130 Å². The maximum atomic E-state index is 8.90. The fraction of sp³-hybridized carbons (Fsp3) is 0.643. The molecule has 0 unspecified atom stereocenters. The molecule has 1 aliphatic heterocycles. The second kappa shape index (κ2) is 7.24. The standard InChI is InChI=1S/C14H22N6O2/c1-4-21-14(22-5-2)8-17-13(18-10-15)20(9-14)11-19-7-6-16-12(19)3/h6-7H,4-5,8-9,11H2,1-3H3,(H,17,18). The predicted molar refractivity (Wildman–Crippen MR) is 80.7 cm³/mol. The average molecular weight is 306 g/mol. The second-order valence-corrected chi connectivity index (χ2v) is 4.94. The summed E-state index contributed by atoms with van der Waals surface area (Å²) in [5, 5.41) is 11.5. The highest BCUT2D eigenvalue weighted by Crippen LogP contribution is 2.21. The number of aromatic nitrogens is 2. The molecule has 0 atom stereocenters. The molecule has 0 amide bonds. The van der Waals surface area contributed by atoms with Gasteiger partial charge in [-0.05, 0) is 20.8 Å². The first-order valence-electron chi connectivity index (χ1n) is 7.34. The number of hydrogen-bond acceptors (Lipinski definition) is 7. The van der Waals surface area contributed by atoms with Crippen molar-refractivity contribution in [2.75, 3.05) is 26.3 Å². The summed E-state index contributed by atoms with van der Waals surface area (Å²) < 4.78 is 13.6. The molecular formula is C14H22N6O2. The van der Waals surface area contributed by atoms with Gasteiger partial charge in [-0.1, -0.05) is 0 Å². The smallest absolute Gasteiger partial charge is 0.209 e. The van der Waals surface area contributed by atoms with E-state index >= 15 is 0 Å². The SMILES string of the molecule is CCOC1(OCC)CN=C(NC#N)N(Cn2ccnc2C)C1. The number of imidazole rings is 1. The molecule has 0 aromatic carbocycles. The zero-order chi connectivity index (χ0) is 16.0. The molecule has 22 heavy (non-hydrogen) atoms. The van der Waals surface area contributed by atoms with Crippen LogP contribution in [-0.2, 0) is 16.1 Å². The summed E-state index contributed by atoms with van der Waals surface area (Å²) in [6.07, 6.45) is 5.55. The first-order chi connectivity index (χ1) is 10.6. The molecule has 8 nitrogen and oxygen atoms in total. The van der Waals surface area contributed by atoms with Gasteiger partial charge in [-0.2, -0.15) is 5.26 Å². The summed E-state index contributed by atoms with van der Waals surface area (Å²) in [5.74, 6) is 0.629. The van der Waals surface area contributed by atoms with Crippen molar-refractivity contribution in [1.82, 2.24) is 19.8 Å². The molecule has 0 bridgehead atoms. The van der Waals surface area contributed by atoms with Crippen molar-refractivity contribution in [3.8, 4) is 6.19 Å². The van der Waals surface area contributed by atoms with Crippen LogP contribution in [0.3, 0.4) is 0 Å². The van der Waals surface area contributed by atoms with E-state index in [2.05, 4.69) is 15.3 Å². The van der Waals surface area contributed by atoms with Crippen LogP contribution in [0.25, 0.3) is 0 Å². The van der Waals surface area contributed by atoms with Crippen LogP contribution < -0.4 is 5.32 Å². The van der Waals surface area contributed by atoms with E-state index in [0.717, 1.165) is 5.82 Å². The molecule has 120 valence electrons. The first kappa shape index (κ1) is 16.3. The van der Waals surface area contributed by atoms with E-state index in [0.29, 0.717) is 38.9 Å². The highest BCUT2D eigenvalue weighted by Gasteiger charge is 2.38. The third-order valence-electron chi connectivity index (χ3n) is 3.43. The Morgan fingerprint density at radius 3 is 2.68 bits per heavy atom. The van der Waals surface area contributed by atoms with Crippen molar-refractivity contribution < 1.29 is 9.47 Å². The predicted octanol–water partition coefficient (Wildman–Crippen LogP) is 0.661. The van der Waals surface area contributed by atoms with Crippen LogP contribution in [0.2, 0.25) is 0 Å². The molecule has 0 radical (unpaired) electrons. The molecule has 1 N–H and O–H groups in total. The second-order valence-electron chi connectivity index (χ2n) is 4.94. The summed E-state index contributed by atoms with van der Waals surface area (Å²) in [5.41, 5.74) is 0. The van der Waals surface area contributed by atoms with Crippen LogP contribution >= 0.6 is 0 Å². The van der Waals surface area contributed by atoms with E-state index in [1.807, 2.05) is 42.6 Å². The maximum absolute atomic E-state index is 8.90. The molecule has 0 spiro atoms. The van der Waals surface area contributed by atoms with E-state index in [1.165, 1.54) is 0 Å². The number of hydrogen-bond donors (Lipinski definition) is 1. The van der Waals surface area contributed by atoms with Crippen molar-refractivity contribution in [3.63, 3.8) is 0 Å². The fourth-order valence-electron chi connectivity index (χ4n) is 2.48. The third kappa shape index (κ3) is 3.55. The fourth-order valence-corrected chi connectivity index (χ4v) is 2.48.